The zero-order chi connectivity index (χ0) is 18.9. The fraction of sp³-hybridized carbons (Fsp3) is 0.200. The third kappa shape index (κ3) is 5.33. The van der Waals surface area contributed by atoms with E-state index >= 15 is 0 Å². The number of thiophene rings is 1. The molecule has 3 aromatic rings. The molecule has 0 saturated heterocycles. The Morgan fingerprint density at radius 3 is 2.74 bits per heavy atom. The first kappa shape index (κ1) is 19.9. The standard InChI is InChI=1S/C20H17FN2OS3/c21-24-9-5-10-25-14-27-20-17(13-22)16(15-6-2-1-3-7-15)12-18(23-20)19-8-4-11-26-19/h1-4,6-8,11-12H,5,9-10,14H2. The molecule has 0 bridgehead atoms. The van der Waals surface area contributed by atoms with E-state index in [1.54, 1.807) is 34.9 Å². The van der Waals surface area contributed by atoms with Crippen molar-refractivity contribution >= 4 is 34.9 Å². The Morgan fingerprint density at radius 2 is 2.04 bits per heavy atom. The number of nitrogens with zero attached hydrogens (tertiary/aromatic N) is 2. The van der Waals surface area contributed by atoms with Gasteiger partial charge in [0, 0.05) is 10.6 Å². The molecule has 7 heteroatoms. The summed E-state index contributed by atoms with van der Waals surface area (Å²) in [6.07, 6.45) is 0.658. The van der Waals surface area contributed by atoms with E-state index in [1.807, 2.05) is 53.9 Å². The van der Waals surface area contributed by atoms with Crippen LogP contribution in [0.15, 0.2) is 58.9 Å². The molecule has 0 spiro atoms. The topological polar surface area (TPSA) is 45.9 Å². The molecule has 1 aromatic carbocycles. The minimum Gasteiger partial charge on any atom is -0.239 e. The molecule has 0 radical (unpaired) electrons. The van der Waals surface area contributed by atoms with Gasteiger partial charge < -0.3 is 0 Å². The molecular formula is C20H17FN2OS3. The first-order valence-corrected chi connectivity index (χ1v) is 11.3. The summed E-state index contributed by atoms with van der Waals surface area (Å²) in [6.45, 7) is 0.116. The van der Waals surface area contributed by atoms with Gasteiger partial charge in [0.1, 0.15) is 11.1 Å². The maximum absolute atomic E-state index is 11.7. The Balaban J connectivity index is 1.91. The van der Waals surface area contributed by atoms with Crippen LogP contribution in [-0.4, -0.2) is 22.4 Å². The Morgan fingerprint density at radius 1 is 1.19 bits per heavy atom. The minimum atomic E-state index is 0.116. The van der Waals surface area contributed by atoms with E-state index in [-0.39, 0.29) is 6.61 Å². The predicted molar refractivity (Wildman–Crippen MR) is 113 cm³/mol. The molecule has 0 amide bonds. The number of aromatic nitrogens is 1. The zero-order valence-electron chi connectivity index (χ0n) is 14.4. The van der Waals surface area contributed by atoms with E-state index < -0.39 is 0 Å². The Hall–Kier alpha value is -1.85. The van der Waals surface area contributed by atoms with Crippen LogP contribution in [0.4, 0.5) is 4.53 Å². The lowest BCUT2D eigenvalue weighted by Gasteiger charge is -2.11. The molecule has 2 aromatic heterocycles. The van der Waals surface area contributed by atoms with Crippen LogP contribution in [0.3, 0.4) is 0 Å². The quantitative estimate of drug-likeness (QED) is 0.229. The lowest BCUT2D eigenvalue weighted by Crippen LogP contribution is -1.95. The summed E-state index contributed by atoms with van der Waals surface area (Å²) >= 11 is 4.86. The number of pyridine rings is 1. The average Bonchev–Trinajstić information content (AvgIpc) is 3.25. The van der Waals surface area contributed by atoms with E-state index in [0.29, 0.717) is 12.0 Å². The van der Waals surface area contributed by atoms with E-state index in [2.05, 4.69) is 11.0 Å². The van der Waals surface area contributed by atoms with Gasteiger partial charge in [0.25, 0.3) is 0 Å². The molecule has 0 aliphatic carbocycles. The number of rotatable bonds is 9. The van der Waals surface area contributed by atoms with Gasteiger partial charge in [-0.1, -0.05) is 48.2 Å². The van der Waals surface area contributed by atoms with Crippen molar-refractivity contribution in [1.82, 2.24) is 4.98 Å². The lowest BCUT2D eigenvalue weighted by atomic mass is 10.0. The number of halogens is 1. The van der Waals surface area contributed by atoms with Gasteiger partial charge in [-0.25, -0.2) is 4.98 Å². The Kier molecular flexibility index (Phi) is 7.72. The summed E-state index contributed by atoms with van der Waals surface area (Å²) in [5.74, 6) is 0.801. The van der Waals surface area contributed by atoms with E-state index in [4.69, 9.17) is 4.98 Å². The van der Waals surface area contributed by atoms with Gasteiger partial charge in [-0.15, -0.1) is 11.3 Å². The molecule has 0 fully saturated rings. The highest BCUT2D eigenvalue weighted by Crippen LogP contribution is 2.36. The molecule has 138 valence electrons. The largest absolute Gasteiger partial charge is 0.239 e. The summed E-state index contributed by atoms with van der Waals surface area (Å²) in [4.78, 5) is 9.42. The summed E-state index contributed by atoms with van der Waals surface area (Å²) in [5.41, 5.74) is 3.37. The zero-order valence-corrected chi connectivity index (χ0v) is 16.9. The van der Waals surface area contributed by atoms with Crippen molar-refractivity contribution in [1.29, 1.82) is 5.26 Å². The van der Waals surface area contributed by atoms with Gasteiger partial charge in [0.05, 0.1) is 22.7 Å². The van der Waals surface area contributed by atoms with Crippen LogP contribution >= 0.6 is 34.9 Å². The van der Waals surface area contributed by atoms with Crippen molar-refractivity contribution in [3.63, 3.8) is 0 Å². The number of hydrogen-bond donors (Lipinski definition) is 0. The molecule has 3 nitrogen and oxygen atoms in total. The summed E-state index contributed by atoms with van der Waals surface area (Å²) in [6, 6.07) is 18.3. The average molecular weight is 417 g/mol. The van der Waals surface area contributed by atoms with Gasteiger partial charge in [0.2, 0.25) is 0 Å². The molecule has 0 saturated carbocycles. The van der Waals surface area contributed by atoms with Gasteiger partial charge >= 0.3 is 0 Å². The fourth-order valence-corrected chi connectivity index (χ4v) is 5.22. The highest BCUT2D eigenvalue weighted by Gasteiger charge is 2.16. The summed E-state index contributed by atoms with van der Waals surface area (Å²) in [7, 11) is 0. The number of hydrogen-bond acceptors (Lipinski definition) is 6. The smallest absolute Gasteiger partial charge is 0.116 e. The van der Waals surface area contributed by atoms with Crippen LogP contribution in [0.1, 0.15) is 12.0 Å². The molecule has 0 unspecified atom stereocenters. The minimum absolute atomic E-state index is 0.116. The second-order valence-corrected chi connectivity index (χ2v) is 8.91. The second-order valence-electron chi connectivity index (χ2n) is 5.53. The molecule has 0 aliphatic heterocycles. The number of nitriles is 1. The molecule has 2 heterocycles. The first-order chi connectivity index (χ1) is 13.3. The van der Waals surface area contributed by atoms with Crippen LogP contribution in [0.2, 0.25) is 0 Å². The van der Waals surface area contributed by atoms with Gasteiger partial charge in [0.15, 0.2) is 0 Å². The first-order valence-electron chi connectivity index (χ1n) is 8.32. The molecule has 0 aliphatic rings. The maximum atomic E-state index is 11.7. The van der Waals surface area contributed by atoms with Crippen LogP contribution in [-0.2, 0) is 4.94 Å². The van der Waals surface area contributed by atoms with Gasteiger partial charge in [-0.3, -0.25) is 0 Å². The third-order valence-corrected chi connectivity index (χ3v) is 6.92. The SMILES string of the molecule is N#Cc1c(-c2ccccc2)cc(-c2cccs2)nc1SCSCCCOF. The Labute approximate surface area is 170 Å². The number of thioether (sulfide) groups is 2. The Bertz CT molecular complexity index is 896. The normalized spacial score (nSPS) is 10.7. The van der Waals surface area contributed by atoms with Crippen LogP contribution in [0, 0.1) is 11.3 Å². The van der Waals surface area contributed by atoms with Crippen LogP contribution in [0.25, 0.3) is 21.7 Å². The summed E-state index contributed by atoms with van der Waals surface area (Å²) in [5, 5.41) is 13.3. The monoisotopic (exact) mass is 416 g/mol. The molecule has 0 N–H and O–H groups in total. The molecule has 3 rings (SSSR count). The highest BCUT2D eigenvalue weighted by molar-refractivity contribution is 8.15. The maximum Gasteiger partial charge on any atom is 0.116 e. The van der Waals surface area contributed by atoms with Crippen molar-refractivity contribution in [2.45, 2.75) is 11.4 Å². The van der Waals surface area contributed by atoms with Crippen molar-refractivity contribution in [3.05, 3.63) is 59.5 Å². The van der Waals surface area contributed by atoms with Crippen LogP contribution in [0.5, 0.6) is 0 Å². The van der Waals surface area contributed by atoms with Crippen LogP contribution < -0.4 is 0 Å². The predicted octanol–water partition coefficient (Wildman–Crippen LogP) is 6.42. The summed E-state index contributed by atoms with van der Waals surface area (Å²) < 4.78 is 11.7. The van der Waals surface area contributed by atoms with Crippen molar-refractivity contribution in [3.8, 4) is 27.8 Å². The van der Waals surface area contributed by atoms with Crippen molar-refractivity contribution in [2.24, 2.45) is 0 Å². The highest BCUT2D eigenvalue weighted by atomic mass is 32.2. The second kappa shape index (κ2) is 10.5. The molecular weight excluding hydrogens is 399 g/mol. The molecule has 27 heavy (non-hydrogen) atoms. The third-order valence-electron chi connectivity index (χ3n) is 3.75. The number of benzene rings is 1. The lowest BCUT2D eigenvalue weighted by molar-refractivity contribution is -0.131. The van der Waals surface area contributed by atoms with Gasteiger partial charge in [-0.05, 0) is 39.8 Å². The van der Waals surface area contributed by atoms with E-state index in [0.717, 1.165) is 37.6 Å². The van der Waals surface area contributed by atoms with E-state index in [9.17, 15) is 9.79 Å². The fourth-order valence-electron chi connectivity index (χ4n) is 2.50. The van der Waals surface area contributed by atoms with Gasteiger partial charge in [-0.2, -0.15) is 22.0 Å². The molecule has 0 atom stereocenters. The van der Waals surface area contributed by atoms with Crippen molar-refractivity contribution in [2.75, 3.05) is 17.4 Å². The van der Waals surface area contributed by atoms with E-state index in [1.165, 1.54) is 0 Å². The van der Waals surface area contributed by atoms with Crippen molar-refractivity contribution < 1.29 is 9.47 Å².